The van der Waals surface area contributed by atoms with Crippen LogP contribution in [0.1, 0.15) is 31.4 Å². The fourth-order valence-corrected chi connectivity index (χ4v) is 2.46. The predicted octanol–water partition coefficient (Wildman–Crippen LogP) is 2.22. The van der Waals surface area contributed by atoms with E-state index in [9.17, 15) is 5.11 Å². The molecule has 1 N–H and O–H groups in total. The Kier molecular flexibility index (Phi) is 4.66. The molecule has 4 nitrogen and oxygen atoms in total. The predicted molar refractivity (Wildman–Crippen MR) is 74.8 cm³/mol. The molecule has 1 atom stereocenters. The van der Waals surface area contributed by atoms with Crippen molar-refractivity contribution in [3.8, 4) is 11.5 Å². The second kappa shape index (κ2) is 6.26. The van der Waals surface area contributed by atoms with Gasteiger partial charge in [-0.05, 0) is 32.9 Å². The van der Waals surface area contributed by atoms with E-state index in [2.05, 4.69) is 11.9 Å². The van der Waals surface area contributed by atoms with Gasteiger partial charge in [-0.2, -0.15) is 0 Å². The van der Waals surface area contributed by atoms with Crippen LogP contribution in [0.5, 0.6) is 11.5 Å². The average Bonchev–Trinajstić information content (AvgIpc) is 2.41. The van der Waals surface area contributed by atoms with Gasteiger partial charge in [0.1, 0.15) is 6.10 Å². The summed E-state index contributed by atoms with van der Waals surface area (Å²) in [4.78, 5) is 2.31. The number of hydrogen-bond donors (Lipinski definition) is 1. The molecular weight excluding hydrogens is 242 g/mol. The molecule has 4 heteroatoms. The number of para-hydroxylation sites is 1. The first-order valence-corrected chi connectivity index (χ1v) is 6.82. The Labute approximate surface area is 114 Å². The average molecular weight is 265 g/mol. The van der Waals surface area contributed by atoms with E-state index < -0.39 is 6.10 Å². The Bertz CT molecular complexity index is 412. The van der Waals surface area contributed by atoms with Gasteiger partial charge in [0.05, 0.1) is 13.2 Å². The van der Waals surface area contributed by atoms with Crippen molar-refractivity contribution in [3.05, 3.63) is 23.8 Å². The zero-order valence-corrected chi connectivity index (χ0v) is 11.9. The standard InChI is InChI=1S/C15H23NO3/c1-11(17)13-5-4-6-14(15(13)18-3)19-12-7-9-16(2)10-8-12/h4-6,11-12,17H,7-10H2,1-3H3. The molecule has 19 heavy (non-hydrogen) atoms. The lowest BCUT2D eigenvalue weighted by atomic mass is 10.1. The maximum atomic E-state index is 9.76. The normalized spacial score (nSPS) is 19.2. The van der Waals surface area contributed by atoms with Crippen molar-refractivity contribution in [1.82, 2.24) is 4.90 Å². The van der Waals surface area contributed by atoms with Gasteiger partial charge >= 0.3 is 0 Å². The van der Waals surface area contributed by atoms with Gasteiger partial charge in [-0.1, -0.05) is 12.1 Å². The molecule has 0 aliphatic carbocycles. The molecule has 0 spiro atoms. The number of likely N-dealkylation sites (tertiary alicyclic amines) is 1. The molecule has 0 bridgehead atoms. The number of piperidine rings is 1. The summed E-state index contributed by atoms with van der Waals surface area (Å²) in [6, 6.07) is 5.67. The van der Waals surface area contributed by atoms with Crippen molar-refractivity contribution in [1.29, 1.82) is 0 Å². The highest BCUT2D eigenvalue weighted by Gasteiger charge is 2.21. The molecule has 1 aliphatic rings. The number of ether oxygens (including phenoxy) is 2. The smallest absolute Gasteiger partial charge is 0.166 e. The van der Waals surface area contributed by atoms with Crippen molar-refractivity contribution in [2.75, 3.05) is 27.2 Å². The van der Waals surface area contributed by atoms with Crippen molar-refractivity contribution < 1.29 is 14.6 Å². The van der Waals surface area contributed by atoms with Gasteiger partial charge in [0, 0.05) is 18.7 Å². The molecule has 1 aromatic rings. The number of hydrogen-bond acceptors (Lipinski definition) is 4. The minimum absolute atomic E-state index is 0.231. The molecule has 106 valence electrons. The molecule has 0 amide bonds. The first-order chi connectivity index (χ1) is 9.11. The molecule has 0 radical (unpaired) electrons. The fourth-order valence-electron chi connectivity index (χ4n) is 2.46. The monoisotopic (exact) mass is 265 g/mol. The topological polar surface area (TPSA) is 41.9 Å². The molecule has 1 aromatic carbocycles. The highest BCUT2D eigenvalue weighted by molar-refractivity contribution is 5.47. The lowest BCUT2D eigenvalue weighted by Crippen LogP contribution is -2.35. The maximum absolute atomic E-state index is 9.76. The quantitative estimate of drug-likeness (QED) is 0.906. The summed E-state index contributed by atoms with van der Waals surface area (Å²) < 4.78 is 11.5. The van der Waals surface area contributed by atoms with E-state index in [1.165, 1.54) is 0 Å². The lowest BCUT2D eigenvalue weighted by molar-refractivity contribution is 0.110. The zero-order valence-electron chi connectivity index (χ0n) is 11.9. The maximum Gasteiger partial charge on any atom is 0.166 e. The highest BCUT2D eigenvalue weighted by atomic mass is 16.5. The van der Waals surface area contributed by atoms with Crippen LogP contribution in [0.15, 0.2) is 18.2 Å². The third-order valence-electron chi connectivity index (χ3n) is 3.62. The summed E-state index contributed by atoms with van der Waals surface area (Å²) in [6.07, 6.45) is 1.72. The Hall–Kier alpha value is -1.26. The number of methoxy groups -OCH3 is 1. The van der Waals surface area contributed by atoms with E-state index in [1.807, 2.05) is 18.2 Å². The Morgan fingerprint density at radius 3 is 2.58 bits per heavy atom. The van der Waals surface area contributed by atoms with Gasteiger partial charge in [0.25, 0.3) is 0 Å². The van der Waals surface area contributed by atoms with Gasteiger partial charge in [0.2, 0.25) is 0 Å². The van der Waals surface area contributed by atoms with Crippen LogP contribution < -0.4 is 9.47 Å². The number of benzene rings is 1. The van der Waals surface area contributed by atoms with Gasteiger partial charge in [0.15, 0.2) is 11.5 Å². The molecule has 1 saturated heterocycles. The Morgan fingerprint density at radius 2 is 2.00 bits per heavy atom. The molecule has 1 aliphatic heterocycles. The van der Waals surface area contributed by atoms with E-state index in [-0.39, 0.29) is 6.10 Å². The summed E-state index contributed by atoms with van der Waals surface area (Å²) in [5.41, 5.74) is 0.771. The summed E-state index contributed by atoms with van der Waals surface area (Å²) >= 11 is 0. The van der Waals surface area contributed by atoms with Crippen molar-refractivity contribution in [2.45, 2.75) is 32.0 Å². The summed E-state index contributed by atoms with van der Waals surface area (Å²) in [5.74, 6) is 1.38. The summed E-state index contributed by atoms with van der Waals surface area (Å²) in [6.45, 7) is 3.85. The molecule has 1 unspecified atom stereocenters. The van der Waals surface area contributed by atoms with Gasteiger partial charge in [-0.3, -0.25) is 0 Å². The lowest BCUT2D eigenvalue weighted by Gasteiger charge is -2.30. The van der Waals surface area contributed by atoms with Crippen LogP contribution >= 0.6 is 0 Å². The van der Waals surface area contributed by atoms with E-state index >= 15 is 0 Å². The SMILES string of the molecule is COc1c(OC2CCN(C)CC2)cccc1C(C)O. The number of nitrogens with zero attached hydrogens (tertiary/aromatic N) is 1. The van der Waals surface area contributed by atoms with Crippen LogP contribution in [0.2, 0.25) is 0 Å². The third kappa shape index (κ3) is 3.39. The molecule has 0 aromatic heterocycles. The third-order valence-corrected chi connectivity index (χ3v) is 3.62. The van der Waals surface area contributed by atoms with E-state index in [1.54, 1.807) is 14.0 Å². The van der Waals surface area contributed by atoms with Crippen molar-refractivity contribution >= 4 is 0 Å². The van der Waals surface area contributed by atoms with E-state index in [0.717, 1.165) is 37.2 Å². The molecular formula is C15H23NO3. The van der Waals surface area contributed by atoms with Crippen LogP contribution in [-0.4, -0.2) is 43.4 Å². The first kappa shape index (κ1) is 14.2. The Morgan fingerprint density at radius 1 is 1.32 bits per heavy atom. The van der Waals surface area contributed by atoms with E-state index in [4.69, 9.17) is 9.47 Å². The first-order valence-electron chi connectivity index (χ1n) is 6.82. The zero-order chi connectivity index (χ0) is 13.8. The largest absolute Gasteiger partial charge is 0.492 e. The Balaban J connectivity index is 2.13. The van der Waals surface area contributed by atoms with E-state index in [0.29, 0.717) is 5.75 Å². The molecule has 2 rings (SSSR count). The molecule has 0 saturated carbocycles. The second-order valence-corrected chi connectivity index (χ2v) is 5.18. The highest BCUT2D eigenvalue weighted by Crippen LogP contribution is 2.36. The van der Waals surface area contributed by atoms with Crippen molar-refractivity contribution in [3.63, 3.8) is 0 Å². The second-order valence-electron chi connectivity index (χ2n) is 5.18. The summed E-state index contributed by atoms with van der Waals surface area (Å²) in [5, 5.41) is 9.76. The van der Waals surface area contributed by atoms with Crippen LogP contribution in [-0.2, 0) is 0 Å². The van der Waals surface area contributed by atoms with Gasteiger partial charge in [-0.15, -0.1) is 0 Å². The molecule has 1 heterocycles. The van der Waals surface area contributed by atoms with Crippen LogP contribution in [0, 0.1) is 0 Å². The van der Waals surface area contributed by atoms with Crippen LogP contribution in [0.25, 0.3) is 0 Å². The van der Waals surface area contributed by atoms with Crippen LogP contribution in [0.4, 0.5) is 0 Å². The van der Waals surface area contributed by atoms with Crippen molar-refractivity contribution in [2.24, 2.45) is 0 Å². The number of rotatable bonds is 4. The fraction of sp³-hybridized carbons (Fsp3) is 0.600. The minimum Gasteiger partial charge on any atom is -0.492 e. The van der Waals surface area contributed by atoms with Gasteiger partial charge in [-0.25, -0.2) is 0 Å². The minimum atomic E-state index is -0.559. The number of aliphatic hydroxyl groups is 1. The summed E-state index contributed by atoms with van der Waals surface area (Å²) in [7, 11) is 3.74. The molecule has 1 fully saturated rings. The van der Waals surface area contributed by atoms with Crippen LogP contribution in [0.3, 0.4) is 0 Å². The van der Waals surface area contributed by atoms with Gasteiger partial charge < -0.3 is 19.5 Å². The number of aliphatic hydroxyl groups excluding tert-OH is 1.